The monoisotopic (exact) mass is 501 g/mol. The SMILES string of the molecule is CC/C=C\C/C=C\C/C=C\C/C=C\C/C=C\C/C=C\CCC(=O)n1cc(CC(=O)O)c2cc(O)ccc21. The van der Waals surface area contributed by atoms with Gasteiger partial charge in [0.1, 0.15) is 5.75 Å². The predicted octanol–water partition coefficient (Wildman–Crippen LogP) is 8.09. The second-order valence-corrected chi connectivity index (χ2v) is 8.64. The molecule has 1 aromatic carbocycles. The maximum atomic E-state index is 12.7. The van der Waals surface area contributed by atoms with Crippen LogP contribution in [0.3, 0.4) is 0 Å². The maximum Gasteiger partial charge on any atom is 0.307 e. The van der Waals surface area contributed by atoms with E-state index < -0.39 is 5.97 Å². The van der Waals surface area contributed by atoms with Crippen molar-refractivity contribution in [2.45, 2.75) is 64.7 Å². The summed E-state index contributed by atoms with van der Waals surface area (Å²) in [5, 5.41) is 19.5. The van der Waals surface area contributed by atoms with Gasteiger partial charge in [-0.3, -0.25) is 14.2 Å². The second-order valence-electron chi connectivity index (χ2n) is 8.64. The third-order valence-electron chi connectivity index (χ3n) is 5.60. The Morgan fingerprint density at radius 2 is 1.30 bits per heavy atom. The maximum absolute atomic E-state index is 12.7. The molecule has 2 aromatic rings. The summed E-state index contributed by atoms with van der Waals surface area (Å²) in [5.74, 6) is -1.04. The van der Waals surface area contributed by atoms with E-state index in [9.17, 15) is 14.7 Å². The minimum Gasteiger partial charge on any atom is -0.508 e. The Balaban J connectivity index is 1.65. The lowest BCUT2D eigenvalue weighted by Crippen LogP contribution is -2.08. The normalized spacial score (nSPS) is 12.7. The highest BCUT2D eigenvalue weighted by Gasteiger charge is 2.15. The van der Waals surface area contributed by atoms with Gasteiger partial charge in [-0.25, -0.2) is 0 Å². The molecule has 5 nitrogen and oxygen atoms in total. The van der Waals surface area contributed by atoms with Crippen molar-refractivity contribution in [1.82, 2.24) is 4.57 Å². The van der Waals surface area contributed by atoms with Gasteiger partial charge < -0.3 is 10.2 Å². The van der Waals surface area contributed by atoms with Crippen LogP contribution in [0.25, 0.3) is 10.9 Å². The summed E-state index contributed by atoms with van der Waals surface area (Å²) in [6, 6.07) is 4.65. The van der Waals surface area contributed by atoms with Gasteiger partial charge in [0.2, 0.25) is 5.91 Å². The molecule has 0 aliphatic carbocycles. The first-order chi connectivity index (χ1) is 18.0. The van der Waals surface area contributed by atoms with E-state index in [0.29, 0.717) is 29.3 Å². The zero-order valence-electron chi connectivity index (χ0n) is 21.8. The van der Waals surface area contributed by atoms with Crippen LogP contribution in [0.2, 0.25) is 0 Å². The van der Waals surface area contributed by atoms with Gasteiger partial charge in [0.05, 0.1) is 11.9 Å². The highest BCUT2D eigenvalue weighted by atomic mass is 16.4. The van der Waals surface area contributed by atoms with Crippen LogP contribution >= 0.6 is 0 Å². The first-order valence-corrected chi connectivity index (χ1v) is 13.0. The minimum absolute atomic E-state index is 0.0438. The molecule has 0 fully saturated rings. The largest absolute Gasteiger partial charge is 0.508 e. The quantitative estimate of drug-likeness (QED) is 0.228. The molecular weight excluding hydrogens is 462 g/mol. The van der Waals surface area contributed by atoms with Crippen molar-refractivity contribution in [2.24, 2.45) is 0 Å². The minimum atomic E-state index is -0.979. The Labute approximate surface area is 220 Å². The number of aromatic hydroxyl groups is 1. The van der Waals surface area contributed by atoms with Crippen LogP contribution in [-0.4, -0.2) is 26.7 Å². The number of hydrogen-bond acceptors (Lipinski definition) is 3. The number of hydrogen-bond donors (Lipinski definition) is 2. The molecule has 2 N–H and O–H groups in total. The average molecular weight is 502 g/mol. The topological polar surface area (TPSA) is 79.5 Å². The number of allylic oxidation sites excluding steroid dienone is 12. The molecule has 0 unspecified atom stereocenters. The number of rotatable bonds is 16. The van der Waals surface area contributed by atoms with Gasteiger partial charge in [-0.2, -0.15) is 0 Å². The van der Waals surface area contributed by atoms with Gasteiger partial charge in [-0.05, 0) is 68.7 Å². The van der Waals surface area contributed by atoms with Crippen LogP contribution in [0.1, 0.15) is 68.6 Å². The summed E-state index contributed by atoms with van der Waals surface area (Å²) < 4.78 is 1.49. The number of carboxylic acid groups (broad SMARTS) is 1. The van der Waals surface area contributed by atoms with Crippen LogP contribution < -0.4 is 0 Å². The van der Waals surface area contributed by atoms with Crippen LogP contribution in [-0.2, 0) is 11.2 Å². The highest BCUT2D eigenvalue weighted by molar-refractivity contribution is 5.96. The zero-order valence-corrected chi connectivity index (χ0v) is 21.8. The van der Waals surface area contributed by atoms with Crippen LogP contribution in [0.5, 0.6) is 5.75 Å². The van der Waals surface area contributed by atoms with Gasteiger partial charge in [0.25, 0.3) is 0 Å². The van der Waals surface area contributed by atoms with Crippen molar-refractivity contribution < 1.29 is 19.8 Å². The lowest BCUT2D eigenvalue weighted by Gasteiger charge is -2.02. The zero-order chi connectivity index (χ0) is 26.7. The first-order valence-electron chi connectivity index (χ1n) is 13.0. The van der Waals surface area contributed by atoms with E-state index in [0.717, 1.165) is 38.5 Å². The number of aliphatic carboxylic acids is 1. The molecule has 0 spiro atoms. The van der Waals surface area contributed by atoms with Crippen molar-refractivity contribution in [3.05, 3.63) is 103 Å². The van der Waals surface area contributed by atoms with E-state index in [1.807, 2.05) is 12.2 Å². The van der Waals surface area contributed by atoms with E-state index >= 15 is 0 Å². The van der Waals surface area contributed by atoms with Gasteiger partial charge in [0.15, 0.2) is 0 Å². The number of phenolic OH excluding ortho intramolecular Hbond substituents is 1. The van der Waals surface area contributed by atoms with Crippen molar-refractivity contribution in [3.63, 3.8) is 0 Å². The molecule has 5 heteroatoms. The molecule has 0 aliphatic rings. The summed E-state index contributed by atoms with van der Waals surface area (Å²) in [7, 11) is 0. The fraction of sp³-hybridized carbons (Fsp3) is 0.312. The predicted molar refractivity (Wildman–Crippen MR) is 153 cm³/mol. The molecule has 1 heterocycles. The average Bonchev–Trinajstić information content (AvgIpc) is 3.22. The van der Waals surface area contributed by atoms with Gasteiger partial charge in [0, 0.05) is 18.0 Å². The number of aromatic nitrogens is 1. The molecule has 37 heavy (non-hydrogen) atoms. The lowest BCUT2D eigenvalue weighted by molar-refractivity contribution is -0.136. The molecule has 0 saturated carbocycles. The fourth-order valence-electron chi connectivity index (χ4n) is 3.76. The summed E-state index contributed by atoms with van der Waals surface area (Å²) in [5.41, 5.74) is 1.13. The smallest absolute Gasteiger partial charge is 0.307 e. The summed E-state index contributed by atoms with van der Waals surface area (Å²) in [6.07, 6.45) is 33.8. The van der Waals surface area contributed by atoms with Crippen LogP contribution in [0, 0.1) is 0 Å². The highest BCUT2D eigenvalue weighted by Crippen LogP contribution is 2.26. The number of carbonyl (C=O) groups excluding carboxylic acids is 1. The van der Waals surface area contributed by atoms with Gasteiger partial charge in [-0.1, -0.05) is 79.8 Å². The van der Waals surface area contributed by atoms with Crippen LogP contribution in [0.15, 0.2) is 97.3 Å². The van der Waals surface area contributed by atoms with Crippen molar-refractivity contribution in [1.29, 1.82) is 0 Å². The molecule has 0 bridgehead atoms. The Morgan fingerprint density at radius 1 is 0.784 bits per heavy atom. The number of carbonyl (C=O) groups is 2. The molecule has 0 radical (unpaired) electrons. The summed E-state index contributed by atoms with van der Waals surface area (Å²) in [6.45, 7) is 2.14. The number of phenols is 1. The van der Waals surface area contributed by atoms with Crippen molar-refractivity contribution >= 4 is 22.8 Å². The Hall–Kier alpha value is -3.86. The summed E-state index contributed by atoms with van der Waals surface area (Å²) >= 11 is 0. The molecule has 0 atom stereocenters. The van der Waals surface area contributed by atoms with Crippen molar-refractivity contribution in [2.75, 3.05) is 0 Å². The molecular formula is C32H39NO4. The fourth-order valence-corrected chi connectivity index (χ4v) is 3.76. The number of fused-ring (bicyclic) bond motifs is 1. The molecule has 196 valence electrons. The van der Waals surface area contributed by atoms with E-state index in [-0.39, 0.29) is 18.1 Å². The molecule has 2 rings (SSSR count). The van der Waals surface area contributed by atoms with E-state index in [1.54, 1.807) is 12.3 Å². The van der Waals surface area contributed by atoms with Gasteiger partial charge >= 0.3 is 5.97 Å². The summed E-state index contributed by atoms with van der Waals surface area (Å²) in [4.78, 5) is 23.9. The second kappa shape index (κ2) is 17.6. The molecule has 1 aromatic heterocycles. The Kier molecular flexibility index (Phi) is 13.9. The van der Waals surface area contributed by atoms with Crippen molar-refractivity contribution in [3.8, 4) is 5.75 Å². The third-order valence-corrected chi connectivity index (χ3v) is 5.60. The molecule has 0 saturated heterocycles. The molecule has 0 aliphatic heterocycles. The third kappa shape index (κ3) is 11.6. The molecule has 0 amide bonds. The number of benzene rings is 1. The van der Waals surface area contributed by atoms with Gasteiger partial charge in [-0.15, -0.1) is 0 Å². The number of nitrogens with zero attached hydrogens (tertiary/aromatic N) is 1. The van der Waals surface area contributed by atoms with E-state index in [1.165, 1.54) is 16.7 Å². The Bertz CT molecular complexity index is 1170. The lowest BCUT2D eigenvalue weighted by atomic mass is 10.1. The standard InChI is InChI=1S/C32H39NO4/c1-2-3-4-5-6-7-8-9-10-11-12-13-14-15-16-17-18-19-20-21-31(35)33-26-27(24-32(36)37)29-25-28(34)22-23-30(29)33/h3-4,6-7,9-10,12-13,15-16,18-19,22-23,25-26,34H,2,5,8,11,14,17,20-21,24H2,1H3,(H,36,37)/b4-3-,7-6-,10-9-,13-12-,16-15-,19-18-. The van der Waals surface area contributed by atoms with E-state index in [4.69, 9.17) is 5.11 Å². The van der Waals surface area contributed by atoms with Crippen LogP contribution in [0.4, 0.5) is 0 Å². The number of carboxylic acids is 1. The Morgan fingerprint density at radius 3 is 1.81 bits per heavy atom. The first kappa shape index (κ1) is 29.4. The van der Waals surface area contributed by atoms with E-state index in [2.05, 4.69) is 67.7 Å².